The van der Waals surface area contributed by atoms with E-state index < -0.39 is 0 Å². The molecule has 0 bridgehead atoms. The molecule has 23 heavy (non-hydrogen) atoms. The van der Waals surface area contributed by atoms with E-state index in [1.807, 2.05) is 0 Å². The molecule has 4 nitrogen and oxygen atoms in total. The monoisotopic (exact) mass is 308 g/mol. The molecule has 0 unspecified atom stereocenters. The van der Waals surface area contributed by atoms with Crippen LogP contribution in [0, 0.1) is 5.82 Å². The third-order valence-electron chi connectivity index (χ3n) is 5.02. The van der Waals surface area contributed by atoms with Gasteiger partial charge in [0.2, 0.25) is 0 Å². The highest BCUT2D eigenvalue weighted by Crippen LogP contribution is 2.45. The Labute approximate surface area is 133 Å². The lowest BCUT2D eigenvalue weighted by molar-refractivity contribution is 0.288. The van der Waals surface area contributed by atoms with Gasteiger partial charge in [-0.25, -0.2) is 4.39 Å². The van der Waals surface area contributed by atoms with Crippen LogP contribution < -0.4 is 0 Å². The number of hydrogen-bond acceptors (Lipinski definition) is 3. The number of fused-ring (bicyclic) bond motifs is 1. The molecule has 2 fully saturated rings. The highest BCUT2D eigenvalue weighted by molar-refractivity contribution is 5.92. The van der Waals surface area contributed by atoms with Crippen molar-refractivity contribution in [1.29, 1.82) is 0 Å². The Morgan fingerprint density at radius 3 is 2.74 bits per heavy atom. The fraction of sp³-hybridized carbons (Fsp3) is 0.389. The first-order valence-corrected chi connectivity index (χ1v) is 8.30. The van der Waals surface area contributed by atoms with Gasteiger partial charge in [-0.1, -0.05) is 0 Å². The molecule has 0 N–H and O–H groups in total. The molecule has 0 saturated heterocycles. The summed E-state index contributed by atoms with van der Waals surface area (Å²) >= 11 is 0. The summed E-state index contributed by atoms with van der Waals surface area (Å²) in [7, 11) is 0. The smallest absolute Gasteiger partial charge is 0.150 e. The van der Waals surface area contributed by atoms with Crippen LogP contribution in [0.15, 0.2) is 30.7 Å². The first kappa shape index (κ1) is 13.2. The molecule has 116 valence electrons. The minimum atomic E-state index is -0.323. The van der Waals surface area contributed by atoms with Gasteiger partial charge in [0.15, 0.2) is 5.82 Å². The van der Waals surface area contributed by atoms with Gasteiger partial charge in [0.05, 0.1) is 23.4 Å². The molecule has 0 aliphatic heterocycles. The van der Waals surface area contributed by atoms with Crippen molar-refractivity contribution in [1.82, 2.24) is 19.7 Å². The summed E-state index contributed by atoms with van der Waals surface area (Å²) in [6, 6.07) is 4.03. The van der Waals surface area contributed by atoms with Gasteiger partial charge in [-0.3, -0.25) is 14.6 Å². The van der Waals surface area contributed by atoms with E-state index in [-0.39, 0.29) is 5.82 Å². The van der Waals surface area contributed by atoms with Gasteiger partial charge in [-0.2, -0.15) is 5.10 Å². The van der Waals surface area contributed by atoms with E-state index in [4.69, 9.17) is 5.10 Å². The van der Waals surface area contributed by atoms with E-state index in [0.29, 0.717) is 22.9 Å². The summed E-state index contributed by atoms with van der Waals surface area (Å²) in [6.45, 7) is 0. The Balaban J connectivity index is 1.72. The highest BCUT2D eigenvalue weighted by Gasteiger charge is 2.32. The molecule has 0 radical (unpaired) electrons. The Morgan fingerprint density at radius 2 is 2.00 bits per heavy atom. The molecular formula is C18H17FN4. The van der Waals surface area contributed by atoms with Gasteiger partial charge >= 0.3 is 0 Å². The molecule has 0 amide bonds. The third-order valence-corrected chi connectivity index (χ3v) is 5.02. The van der Waals surface area contributed by atoms with Crippen molar-refractivity contribution in [3.8, 4) is 11.3 Å². The second-order valence-electron chi connectivity index (χ2n) is 6.62. The van der Waals surface area contributed by atoms with Gasteiger partial charge in [-0.05, 0) is 44.2 Å². The van der Waals surface area contributed by atoms with E-state index in [1.54, 1.807) is 18.3 Å². The Bertz CT molecular complexity index is 893. The second-order valence-corrected chi connectivity index (χ2v) is 6.62. The van der Waals surface area contributed by atoms with Crippen molar-refractivity contribution in [3.63, 3.8) is 0 Å². The van der Waals surface area contributed by atoms with Gasteiger partial charge < -0.3 is 0 Å². The Morgan fingerprint density at radius 1 is 1.13 bits per heavy atom. The lowest BCUT2D eigenvalue weighted by Crippen LogP contribution is -2.17. The minimum Gasteiger partial charge on any atom is -0.269 e. The van der Waals surface area contributed by atoms with Crippen LogP contribution >= 0.6 is 0 Å². The van der Waals surface area contributed by atoms with Gasteiger partial charge in [0.1, 0.15) is 5.69 Å². The average Bonchev–Trinajstić information content (AvgIpc) is 3.28. The van der Waals surface area contributed by atoms with E-state index in [1.165, 1.54) is 38.3 Å². The summed E-state index contributed by atoms with van der Waals surface area (Å²) < 4.78 is 16.1. The van der Waals surface area contributed by atoms with Crippen LogP contribution in [-0.2, 0) is 0 Å². The topological polar surface area (TPSA) is 43.6 Å². The largest absolute Gasteiger partial charge is 0.269 e. The second kappa shape index (κ2) is 4.85. The van der Waals surface area contributed by atoms with E-state index in [9.17, 15) is 4.39 Å². The van der Waals surface area contributed by atoms with Crippen molar-refractivity contribution in [2.45, 2.75) is 44.1 Å². The van der Waals surface area contributed by atoms with Gasteiger partial charge in [0.25, 0.3) is 0 Å². The molecule has 2 aliphatic carbocycles. The molecule has 0 atom stereocenters. The van der Waals surface area contributed by atoms with Crippen molar-refractivity contribution in [2.24, 2.45) is 0 Å². The van der Waals surface area contributed by atoms with Crippen molar-refractivity contribution in [3.05, 3.63) is 42.2 Å². The maximum atomic E-state index is 14.0. The minimum absolute atomic E-state index is 0.323. The standard InChI is InChI=1S/C18H17FN4/c19-15-9-21-18(17-13(15)5-2-8-20-17)14-10-23(12-3-1-4-12)22-16(14)11-6-7-11/h2,5,8-12H,1,3-4,6-7H2. The SMILES string of the molecule is Fc1cnc(-c2cn(C3CCC3)nc2C2CC2)c2ncccc12. The van der Waals surface area contributed by atoms with Crippen LogP contribution in [0.5, 0.6) is 0 Å². The van der Waals surface area contributed by atoms with Crippen molar-refractivity contribution in [2.75, 3.05) is 0 Å². The molecule has 5 heteroatoms. The number of aromatic nitrogens is 4. The maximum Gasteiger partial charge on any atom is 0.150 e. The van der Waals surface area contributed by atoms with E-state index in [2.05, 4.69) is 20.8 Å². The Kier molecular flexibility index (Phi) is 2.77. The Hall–Kier alpha value is -2.30. The quantitative estimate of drug-likeness (QED) is 0.727. The van der Waals surface area contributed by atoms with Crippen LogP contribution in [0.4, 0.5) is 4.39 Å². The summed E-state index contributed by atoms with van der Waals surface area (Å²) in [5.41, 5.74) is 3.53. The van der Waals surface area contributed by atoms with Crippen LogP contribution in [0.1, 0.15) is 49.8 Å². The van der Waals surface area contributed by atoms with Crippen molar-refractivity contribution < 1.29 is 4.39 Å². The molecule has 3 aromatic rings. The zero-order valence-electron chi connectivity index (χ0n) is 12.7. The van der Waals surface area contributed by atoms with Crippen LogP contribution in [0.25, 0.3) is 22.2 Å². The first-order valence-electron chi connectivity index (χ1n) is 8.30. The lowest BCUT2D eigenvalue weighted by Gasteiger charge is -2.25. The number of rotatable bonds is 3. The highest BCUT2D eigenvalue weighted by atomic mass is 19.1. The summed E-state index contributed by atoms with van der Waals surface area (Å²) in [4.78, 5) is 8.76. The molecular weight excluding hydrogens is 291 g/mol. The number of nitrogens with zero attached hydrogens (tertiary/aromatic N) is 4. The molecule has 0 spiro atoms. The third kappa shape index (κ3) is 2.06. The molecule has 0 aromatic carbocycles. The number of halogens is 1. The van der Waals surface area contributed by atoms with Gasteiger partial charge in [-0.15, -0.1) is 0 Å². The van der Waals surface area contributed by atoms with Gasteiger partial charge in [0, 0.05) is 29.3 Å². The zero-order chi connectivity index (χ0) is 15.4. The van der Waals surface area contributed by atoms with Crippen molar-refractivity contribution >= 4 is 10.9 Å². The van der Waals surface area contributed by atoms with Crippen LogP contribution in [0.2, 0.25) is 0 Å². The van der Waals surface area contributed by atoms with Crippen LogP contribution in [0.3, 0.4) is 0 Å². The number of pyridine rings is 2. The fourth-order valence-electron chi connectivity index (χ4n) is 3.32. The lowest BCUT2D eigenvalue weighted by atomic mass is 9.93. The number of hydrogen-bond donors (Lipinski definition) is 0. The summed E-state index contributed by atoms with van der Waals surface area (Å²) in [5.74, 6) is 0.202. The summed E-state index contributed by atoms with van der Waals surface area (Å²) in [6.07, 6.45) is 11.1. The predicted molar refractivity (Wildman–Crippen MR) is 85.6 cm³/mol. The summed E-state index contributed by atoms with van der Waals surface area (Å²) in [5, 5.41) is 5.38. The molecule has 2 saturated carbocycles. The predicted octanol–water partition coefficient (Wildman–Crippen LogP) is 4.23. The molecule has 5 rings (SSSR count). The first-order chi connectivity index (χ1) is 11.3. The normalized spacial score (nSPS) is 18.3. The zero-order valence-corrected chi connectivity index (χ0v) is 12.7. The van der Waals surface area contributed by atoms with Crippen LogP contribution in [-0.4, -0.2) is 19.7 Å². The van der Waals surface area contributed by atoms with E-state index >= 15 is 0 Å². The maximum absolute atomic E-state index is 14.0. The molecule has 3 aromatic heterocycles. The molecule has 2 aliphatic rings. The van der Waals surface area contributed by atoms with E-state index in [0.717, 1.165) is 17.0 Å². The fourth-order valence-corrected chi connectivity index (χ4v) is 3.32. The average molecular weight is 308 g/mol. The molecule has 3 heterocycles.